The lowest BCUT2D eigenvalue weighted by Gasteiger charge is -2.32. The van der Waals surface area contributed by atoms with Crippen LogP contribution in [0.2, 0.25) is 0 Å². The van der Waals surface area contributed by atoms with Crippen LogP contribution in [0.15, 0.2) is 97.1 Å². The molecule has 0 aliphatic heterocycles. The number of methoxy groups -OCH3 is 3. The quantitative estimate of drug-likeness (QED) is 0.250. The number of halogens is 1. The van der Waals surface area contributed by atoms with Crippen LogP contribution >= 0.6 is 0 Å². The summed E-state index contributed by atoms with van der Waals surface area (Å²) in [6.45, 7) is 0.300. The van der Waals surface area contributed by atoms with Gasteiger partial charge in [0.25, 0.3) is 0 Å². The Hall–Kier alpha value is -4.85. The molecule has 0 saturated carbocycles. The fourth-order valence-electron chi connectivity index (χ4n) is 4.61. The number of para-hydroxylation sites is 1. The minimum Gasteiger partial charge on any atom is -0.496 e. The Bertz CT molecular complexity index is 1460. The molecule has 0 saturated heterocycles. The van der Waals surface area contributed by atoms with Gasteiger partial charge in [-0.2, -0.15) is 0 Å². The lowest BCUT2D eigenvalue weighted by molar-refractivity contribution is -0.141. The van der Waals surface area contributed by atoms with Crippen LogP contribution in [0, 0.1) is 5.82 Å². The second kappa shape index (κ2) is 14.0. The summed E-state index contributed by atoms with van der Waals surface area (Å²) in [5.74, 6) is 0.664. The van der Waals surface area contributed by atoms with Gasteiger partial charge in [-0.05, 0) is 47.0 Å². The molecule has 0 spiro atoms. The van der Waals surface area contributed by atoms with Crippen molar-refractivity contribution in [3.8, 4) is 17.2 Å². The van der Waals surface area contributed by atoms with Gasteiger partial charge in [-0.15, -0.1) is 0 Å². The second-order valence-electron chi connectivity index (χ2n) is 9.36. The topological polar surface area (TPSA) is 77.1 Å². The van der Waals surface area contributed by atoms with Crippen LogP contribution in [-0.4, -0.2) is 38.0 Å². The Morgan fingerprint density at radius 3 is 2.07 bits per heavy atom. The summed E-state index contributed by atoms with van der Waals surface area (Å²) < 4.78 is 29.9. The Labute approximate surface area is 239 Å². The number of nitrogens with zero attached hydrogens (tertiary/aromatic N) is 1. The van der Waals surface area contributed by atoms with Crippen molar-refractivity contribution in [1.29, 1.82) is 0 Å². The normalized spacial score (nSPS) is 11.3. The lowest BCUT2D eigenvalue weighted by Crippen LogP contribution is -2.43. The molecule has 4 aromatic carbocycles. The maximum Gasteiger partial charge on any atom is 0.247 e. The summed E-state index contributed by atoms with van der Waals surface area (Å²) in [6.07, 6.45) is 0.00463. The van der Waals surface area contributed by atoms with Gasteiger partial charge in [0.2, 0.25) is 11.8 Å². The number of ether oxygens (including phenoxy) is 3. The van der Waals surface area contributed by atoms with Gasteiger partial charge < -0.3 is 24.4 Å². The maximum absolute atomic E-state index is 14.0. The van der Waals surface area contributed by atoms with E-state index >= 15 is 0 Å². The number of hydrogen-bond donors (Lipinski definition) is 1. The third kappa shape index (κ3) is 7.42. The molecule has 1 atom stereocenters. The average Bonchev–Trinajstić information content (AvgIpc) is 3.01. The van der Waals surface area contributed by atoms with E-state index in [4.69, 9.17) is 14.2 Å². The van der Waals surface area contributed by atoms with E-state index in [0.29, 0.717) is 33.9 Å². The Morgan fingerprint density at radius 1 is 0.756 bits per heavy atom. The average molecular weight is 557 g/mol. The first-order valence-corrected chi connectivity index (χ1v) is 13.1. The van der Waals surface area contributed by atoms with Crippen LogP contribution in [0.1, 0.15) is 28.3 Å². The summed E-state index contributed by atoms with van der Waals surface area (Å²) in [7, 11) is 4.65. The second-order valence-corrected chi connectivity index (χ2v) is 9.36. The predicted molar refractivity (Wildman–Crippen MR) is 154 cm³/mol. The first kappa shape index (κ1) is 29.1. The largest absolute Gasteiger partial charge is 0.496 e. The molecule has 41 heavy (non-hydrogen) atoms. The monoisotopic (exact) mass is 556 g/mol. The summed E-state index contributed by atoms with van der Waals surface area (Å²) in [6, 6.07) is 26.8. The van der Waals surface area contributed by atoms with Crippen LogP contribution in [0.25, 0.3) is 0 Å². The minimum atomic E-state index is -0.955. The summed E-state index contributed by atoms with van der Waals surface area (Å²) >= 11 is 0. The molecule has 1 N–H and O–H groups in total. The molecule has 0 aromatic heterocycles. The third-order valence-electron chi connectivity index (χ3n) is 6.71. The van der Waals surface area contributed by atoms with Gasteiger partial charge >= 0.3 is 0 Å². The molecule has 2 amide bonds. The SMILES string of the molecule is COc1ccccc1CNC(=O)[C@H](c1ccccc1)N(Cc1ccc(F)cc1)C(=O)Cc1ccc(OC)c(OC)c1. The molecule has 0 unspecified atom stereocenters. The Kier molecular flexibility index (Phi) is 9.94. The molecule has 0 aliphatic carbocycles. The number of benzene rings is 4. The van der Waals surface area contributed by atoms with Crippen LogP contribution in [0.5, 0.6) is 17.2 Å². The number of carbonyl (C=O) groups excluding carboxylic acids is 2. The van der Waals surface area contributed by atoms with Crippen molar-refractivity contribution < 1.29 is 28.2 Å². The van der Waals surface area contributed by atoms with E-state index in [0.717, 1.165) is 5.56 Å². The molecular weight excluding hydrogens is 523 g/mol. The van der Waals surface area contributed by atoms with Gasteiger partial charge in [0.15, 0.2) is 11.5 Å². The zero-order valence-corrected chi connectivity index (χ0v) is 23.3. The number of nitrogens with one attached hydrogen (secondary N) is 1. The van der Waals surface area contributed by atoms with Crippen LogP contribution in [0.4, 0.5) is 4.39 Å². The highest BCUT2D eigenvalue weighted by Crippen LogP contribution is 2.30. The van der Waals surface area contributed by atoms with Crippen molar-refractivity contribution in [2.75, 3.05) is 21.3 Å². The van der Waals surface area contributed by atoms with E-state index in [-0.39, 0.29) is 37.1 Å². The van der Waals surface area contributed by atoms with E-state index < -0.39 is 6.04 Å². The fourth-order valence-corrected chi connectivity index (χ4v) is 4.61. The van der Waals surface area contributed by atoms with E-state index in [1.54, 1.807) is 44.6 Å². The van der Waals surface area contributed by atoms with Crippen molar-refractivity contribution in [3.63, 3.8) is 0 Å². The van der Waals surface area contributed by atoms with E-state index in [2.05, 4.69) is 5.32 Å². The van der Waals surface area contributed by atoms with Crippen LogP contribution in [-0.2, 0) is 29.1 Å². The first-order valence-electron chi connectivity index (χ1n) is 13.1. The predicted octanol–water partition coefficient (Wildman–Crippen LogP) is 5.48. The highest BCUT2D eigenvalue weighted by Gasteiger charge is 2.32. The summed E-state index contributed by atoms with van der Waals surface area (Å²) in [5.41, 5.74) is 2.83. The molecule has 0 fully saturated rings. The number of rotatable bonds is 12. The Morgan fingerprint density at radius 2 is 1.39 bits per heavy atom. The van der Waals surface area contributed by atoms with Gasteiger partial charge in [-0.25, -0.2) is 4.39 Å². The molecule has 212 valence electrons. The molecule has 7 nitrogen and oxygen atoms in total. The molecule has 0 aliphatic rings. The van der Waals surface area contributed by atoms with E-state index in [1.165, 1.54) is 24.1 Å². The first-order chi connectivity index (χ1) is 19.9. The van der Waals surface area contributed by atoms with Crippen molar-refractivity contribution in [2.45, 2.75) is 25.6 Å². The maximum atomic E-state index is 14.0. The molecule has 4 aromatic rings. The van der Waals surface area contributed by atoms with Gasteiger partial charge in [-0.1, -0.05) is 66.7 Å². The summed E-state index contributed by atoms with van der Waals surface area (Å²) in [4.78, 5) is 29.4. The zero-order valence-electron chi connectivity index (χ0n) is 23.3. The smallest absolute Gasteiger partial charge is 0.247 e. The molecular formula is C33H33FN2O5. The molecule has 0 heterocycles. The Balaban J connectivity index is 1.69. The van der Waals surface area contributed by atoms with Crippen molar-refractivity contribution in [1.82, 2.24) is 10.2 Å². The van der Waals surface area contributed by atoms with Gasteiger partial charge in [0.05, 0.1) is 27.8 Å². The van der Waals surface area contributed by atoms with Gasteiger partial charge in [0, 0.05) is 18.7 Å². The van der Waals surface area contributed by atoms with E-state index in [9.17, 15) is 14.0 Å². The van der Waals surface area contributed by atoms with Crippen LogP contribution in [0.3, 0.4) is 0 Å². The number of hydrogen-bond acceptors (Lipinski definition) is 5. The molecule has 0 bridgehead atoms. The van der Waals surface area contributed by atoms with Gasteiger partial charge in [0.1, 0.15) is 17.6 Å². The molecule has 4 rings (SSSR count). The highest BCUT2D eigenvalue weighted by atomic mass is 19.1. The van der Waals surface area contributed by atoms with Crippen molar-refractivity contribution in [3.05, 3.63) is 125 Å². The summed E-state index contributed by atoms with van der Waals surface area (Å²) in [5, 5.41) is 2.99. The standard InChI is InChI=1S/C33H33FN2O5/c1-39-28-12-8-7-11-26(28)21-35-33(38)32(25-9-5-4-6-10-25)36(22-23-13-16-27(34)17-14-23)31(37)20-24-15-18-29(40-2)30(19-24)41-3/h4-19,32H,20-22H2,1-3H3,(H,35,38)/t32-/m0/s1. The third-order valence-corrected chi connectivity index (χ3v) is 6.71. The molecule has 8 heteroatoms. The zero-order chi connectivity index (χ0) is 29.2. The number of carbonyl (C=O) groups is 2. The van der Waals surface area contributed by atoms with E-state index in [1.807, 2.05) is 54.6 Å². The highest BCUT2D eigenvalue weighted by molar-refractivity contribution is 5.89. The minimum absolute atomic E-state index is 0.00463. The van der Waals surface area contributed by atoms with Crippen LogP contribution < -0.4 is 19.5 Å². The van der Waals surface area contributed by atoms with Crippen molar-refractivity contribution >= 4 is 11.8 Å². The van der Waals surface area contributed by atoms with Crippen molar-refractivity contribution in [2.24, 2.45) is 0 Å². The van der Waals surface area contributed by atoms with Gasteiger partial charge in [-0.3, -0.25) is 9.59 Å². The molecule has 0 radical (unpaired) electrons. The number of amides is 2. The fraction of sp³-hybridized carbons (Fsp3) is 0.212. The lowest BCUT2D eigenvalue weighted by atomic mass is 10.0.